The molecular weight excluding hydrogens is 321 g/mol. The van der Waals surface area contributed by atoms with Gasteiger partial charge in [-0.2, -0.15) is 0 Å². The van der Waals surface area contributed by atoms with Crippen LogP contribution in [0.25, 0.3) is 22.4 Å². The van der Waals surface area contributed by atoms with Crippen molar-refractivity contribution in [3.8, 4) is 28.3 Å². The first-order chi connectivity index (χ1) is 12.1. The number of nitrogens with zero attached hydrogens (tertiary/aromatic N) is 3. The summed E-state index contributed by atoms with van der Waals surface area (Å²) in [5.41, 5.74) is 2.92. The van der Waals surface area contributed by atoms with Gasteiger partial charge in [0.2, 0.25) is 5.88 Å². The van der Waals surface area contributed by atoms with Crippen LogP contribution in [0.15, 0.2) is 48.9 Å². The number of aryl methyl sites for hydroxylation is 1. The Kier molecular flexibility index (Phi) is 5.00. The van der Waals surface area contributed by atoms with E-state index in [0.29, 0.717) is 28.3 Å². The number of hydrogen-bond acceptors (Lipinski definition) is 5. The lowest BCUT2D eigenvalue weighted by atomic mass is 10.0. The van der Waals surface area contributed by atoms with Gasteiger partial charge < -0.3 is 9.84 Å². The number of ether oxygens (including phenoxy) is 1. The SMILES string of the molecule is Cc1cnc(-c2ccc(-c3cccnc3O[C@H](C)CO)cc2F)cn1. The summed E-state index contributed by atoms with van der Waals surface area (Å²) in [6.07, 6.45) is 4.34. The summed E-state index contributed by atoms with van der Waals surface area (Å²) in [4.78, 5) is 12.5. The normalized spacial score (nSPS) is 12.0. The minimum atomic E-state index is -0.402. The first-order valence-electron chi connectivity index (χ1n) is 7.90. The molecule has 0 saturated carbocycles. The molecule has 2 heterocycles. The molecule has 0 amide bonds. The number of halogens is 1. The Balaban J connectivity index is 1.97. The highest BCUT2D eigenvalue weighted by Crippen LogP contribution is 2.31. The molecule has 3 aromatic rings. The Hall–Kier alpha value is -2.86. The maximum atomic E-state index is 14.6. The van der Waals surface area contributed by atoms with Crippen LogP contribution < -0.4 is 4.74 Å². The lowest BCUT2D eigenvalue weighted by Crippen LogP contribution is -2.17. The van der Waals surface area contributed by atoms with Crippen molar-refractivity contribution in [3.63, 3.8) is 0 Å². The fourth-order valence-corrected chi connectivity index (χ4v) is 2.35. The van der Waals surface area contributed by atoms with E-state index in [4.69, 9.17) is 9.84 Å². The van der Waals surface area contributed by atoms with Crippen molar-refractivity contribution in [1.82, 2.24) is 15.0 Å². The van der Waals surface area contributed by atoms with Gasteiger partial charge in [0.05, 0.1) is 24.2 Å². The van der Waals surface area contributed by atoms with Gasteiger partial charge in [-0.3, -0.25) is 9.97 Å². The summed E-state index contributed by atoms with van der Waals surface area (Å²) in [7, 11) is 0. The first-order valence-corrected chi connectivity index (χ1v) is 7.90. The van der Waals surface area contributed by atoms with Gasteiger partial charge in [0.25, 0.3) is 0 Å². The fraction of sp³-hybridized carbons (Fsp3) is 0.211. The van der Waals surface area contributed by atoms with Gasteiger partial charge in [-0.1, -0.05) is 6.07 Å². The van der Waals surface area contributed by atoms with Crippen LogP contribution in [0, 0.1) is 12.7 Å². The molecule has 1 aromatic carbocycles. The Morgan fingerprint density at radius 1 is 1.12 bits per heavy atom. The summed E-state index contributed by atoms with van der Waals surface area (Å²) in [6, 6.07) is 8.42. The van der Waals surface area contributed by atoms with E-state index in [-0.39, 0.29) is 6.61 Å². The summed E-state index contributed by atoms with van der Waals surface area (Å²) < 4.78 is 20.2. The Labute approximate surface area is 145 Å². The van der Waals surface area contributed by atoms with E-state index in [9.17, 15) is 4.39 Å². The second kappa shape index (κ2) is 7.36. The van der Waals surface area contributed by atoms with Gasteiger partial charge >= 0.3 is 0 Å². The molecular formula is C19H18FN3O2. The van der Waals surface area contributed by atoms with Crippen molar-refractivity contribution >= 4 is 0 Å². The van der Waals surface area contributed by atoms with Gasteiger partial charge in [-0.05, 0) is 43.7 Å². The molecule has 0 aliphatic carbocycles. The molecule has 1 N–H and O–H groups in total. The van der Waals surface area contributed by atoms with Crippen molar-refractivity contribution in [2.75, 3.05) is 6.61 Å². The van der Waals surface area contributed by atoms with E-state index in [2.05, 4.69) is 15.0 Å². The second-order valence-electron chi connectivity index (χ2n) is 5.70. The standard InChI is InChI=1S/C19H18FN3O2/c1-12-9-23-18(10-22-12)16-6-5-14(8-17(16)20)15-4-3-7-21-19(15)25-13(2)11-24/h3-10,13,24H,11H2,1-2H3/t13-/m1/s1. The summed E-state index contributed by atoms with van der Waals surface area (Å²) in [5, 5.41) is 9.16. The molecule has 25 heavy (non-hydrogen) atoms. The molecule has 6 heteroatoms. The number of aliphatic hydroxyl groups excluding tert-OH is 1. The molecule has 0 saturated heterocycles. The quantitative estimate of drug-likeness (QED) is 0.771. The second-order valence-corrected chi connectivity index (χ2v) is 5.70. The average Bonchev–Trinajstić information content (AvgIpc) is 2.63. The third-order valence-electron chi connectivity index (χ3n) is 3.68. The smallest absolute Gasteiger partial charge is 0.221 e. The molecule has 0 aliphatic heterocycles. The monoisotopic (exact) mass is 339 g/mol. The molecule has 3 rings (SSSR count). The van der Waals surface area contributed by atoms with Crippen LogP contribution in [0.2, 0.25) is 0 Å². The third kappa shape index (κ3) is 3.80. The Morgan fingerprint density at radius 2 is 1.96 bits per heavy atom. The highest BCUT2D eigenvalue weighted by molar-refractivity contribution is 5.72. The largest absolute Gasteiger partial charge is 0.472 e. The maximum absolute atomic E-state index is 14.6. The zero-order chi connectivity index (χ0) is 17.8. The van der Waals surface area contributed by atoms with Crippen molar-refractivity contribution in [3.05, 3.63) is 60.4 Å². The molecule has 2 aromatic heterocycles. The highest BCUT2D eigenvalue weighted by atomic mass is 19.1. The van der Waals surface area contributed by atoms with Crippen LogP contribution >= 0.6 is 0 Å². The van der Waals surface area contributed by atoms with E-state index in [1.54, 1.807) is 49.8 Å². The van der Waals surface area contributed by atoms with E-state index in [1.165, 1.54) is 6.07 Å². The number of benzene rings is 1. The highest BCUT2D eigenvalue weighted by Gasteiger charge is 2.14. The summed E-state index contributed by atoms with van der Waals surface area (Å²) in [5.74, 6) is -0.0491. The fourth-order valence-electron chi connectivity index (χ4n) is 2.35. The van der Waals surface area contributed by atoms with Crippen LogP contribution in [0.1, 0.15) is 12.6 Å². The van der Waals surface area contributed by atoms with Crippen molar-refractivity contribution in [2.24, 2.45) is 0 Å². The van der Waals surface area contributed by atoms with Crippen molar-refractivity contribution in [2.45, 2.75) is 20.0 Å². The zero-order valence-corrected chi connectivity index (χ0v) is 14.0. The van der Waals surface area contributed by atoms with E-state index < -0.39 is 11.9 Å². The molecule has 0 aliphatic rings. The van der Waals surface area contributed by atoms with Gasteiger partial charge in [0.15, 0.2) is 0 Å². The average molecular weight is 339 g/mol. The van der Waals surface area contributed by atoms with Gasteiger partial charge in [0, 0.05) is 23.5 Å². The number of rotatable bonds is 5. The lowest BCUT2D eigenvalue weighted by Gasteiger charge is -2.15. The first kappa shape index (κ1) is 17.0. The van der Waals surface area contributed by atoms with Crippen LogP contribution in [0.5, 0.6) is 5.88 Å². The molecule has 0 spiro atoms. The molecule has 128 valence electrons. The van der Waals surface area contributed by atoms with Gasteiger partial charge in [0.1, 0.15) is 11.9 Å². The molecule has 0 fully saturated rings. The maximum Gasteiger partial charge on any atom is 0.221 e. The zero-order valence-electron chi connectivity index (χ0n) is 14.0. The minimum Gasteiger partial charge on any atom is -0.472 e. The summed E-state index contributed by atoms with van der Waals surface area (Å²) >= 11 is 0. The van der Waals surface area contributed by atoms with Gasteiger partial charge in [-0.15, -0.1) is 0 Å². The third-order valence-corrected chi connectivity index (χ3v) is 3.68. The topological polar surface area (TPSA) is 68.1 Å². The van der Waals surface area contributed by atoms with E-state index >= 15 is 0 Å². The number of aliphatic hydroxyl groups is 1. The van der Waals surface area contributed by atoms with Crippen molar-refractivity contribution < 1.29 is 14.2 Å². The van der Waals surface area contributed by atoms with Crippen LogP contribution in [-0.2, 0) is 0 Å². The molecule has 1 atom stereocenters. The van der Waals surface area contributed by atoms with Gasteiger partial charge in [-0.25, -0.2) is 9.37 Å². The van der Waals surface area contributed by atoms with E-state index in [0.717, 1.165) is 5.69 Å². The minimum absolute atomic E-state index is 0.130. The summed E-state index contributed by atoms with van der Waals surface area (Å²) in [6.45, 7) is 3.43. The van der Waals surface area contributed by atoms with E-state index in [1.807, 2.05) is 6.92 Å². The Bertz CT molecular complexity index is 869. The van der Waals surface area contributed by atoms with Crippen LogP contribution in [0.4, 0.5) is 4.39 Å². The van der Waals surface area contributed by atoms with Crippen molar-refractivity contribution in [1.29, 1.82) is 0 Å². The number of pyridine rings is 1. The molecule has 0 bridgehead atoms. The number of aromatic nitrogens is 3. The molecule has 0 unspecified atom stereocenters. The molecule has 5 nitrogen and oxygen atoms in total. The predicted octanol–water partition coefficient (Wildman–Crippen LogP) is 3.41. The Morgan fingerprint density at radius 3 is 2.64 bits per heavy atom. The van der Waals surface area contributed by atoms with Crippen LogP contribution in [-0.4, -0.2) is 32.8 Å². The predicted molar refractivity (Wildman–Crippen MR) is 92.6 cm³/mol. The molecule has 0 radical (unpaired) electrons. The number of hydrogen-bond donors (Lipinski definition) is 1. The lowest BCUT2D eigenvalue weighted by molar-refractivity contribution is 0.126. The van der Waals surface area contributed by atoms with Crippen LogP contribution in [0.3, 0.4) is 0 Å².